The molecule has 0 saturated heterocycles. The highest BCUT2D eigenvalue weighted by Crippen LogP contribution is 2.27. The number of benzene rings is 1. The Hall–Kier alpha value is -3.47. The molecule has 21 heavy (non-hydrogen) atoms. The highest BCUT2D eigenvalue weighted by molar-refractivity contribution is 5.92. The highest BCUT2D eigenvalue weighted by atomic mass is 16.6. The number of hydrogen-bond donors (Lipinski definition) is 1. The molecule has 1 aromatic carbocycles. The number of carbonyl (C=O) groups is 1. The van der Waals surface area contributed by atoms with Crippen LogP contribution in [0.3, 0.4) is 0 Å². The van der Waals surface area contributed by atoms with Crippen molar-refractivity contribution in [2.45, 2.75) is 0 Å². The zero-order valence-corrected chi connectivity index (χ0v) is 10.4. The van der Waals surface area contributed by atoms with E-state index in [1.807, 2.05) is 6.07 Å². The zero-order chi connectivity index (χ0) is 15.4. The summed E-state index contributed by atoms with van der Waals surface area (Å²) in [6.45, 7) is 0. The summed E-state index contributed by atoms with van der Waals surface area (Å²) in [5, 5.41) is 28.4. The molecular weight excluding hydrogens is 278 g/mol. The van der Waals surface area contributed by atoms with Gasteiger partial charge in [0.05, 0.1) is 4.92 Å². The van der Waals surface area contributed by atoms with Crippen LogP contribution in [0.4, 0.5) is 5.69 Å². The summed E-state index contributed by atoms with van der Waals surface area (Å²) in [6, 6.07) is 8.04. The van der Waals surface area contributed by atoms with E-state index in [9.17, 15) is 14.9 Å². The maximum atomic E-state index is 11.0. The molecule has 1 heterocycles. The number of aromatic nitrogens is 1. The predicted molar refractivity (Wildman–Crippen MR) is 69.1 cm³/mol. The van der Waals surface area contributed by atoms with Gasteiger partial charge < -0.3 is 9.84 Å². The Labute approximate surface area is 118 Å². The van der Waals surface area contributed by atoms with Gasteiger partial charge in [0.1, 0.15) is 28.8 Å². The number of ether oxygens (including phenoxy) is 1. The van der Waals surface area contributed by atoms with Gasteiger partial charge >= 0.3 is 5.97 Å². The van der Waals surface area contributed by atoms with E-state index in [2.05, 4.69) is 4.98 Å². The molecule has 1 aromatic heterocycles. The molecule has 0 aliphatic carbocycles. The minimum atomic E-state index is -1.43. The van der Waals surface area contributed by atoms with E-state index >= 15 is 0 Å². The van der Waals surface area contributed by atoms with E-state index in [1.54, 1.807) is 0 Å². The van der Waals surface area contributed by atoms with Crippen LogP contribution in [0.15, 0.2) is 36.5 Å². The smallest absolute Gasteiger partial charge is 0.342 e. The number of hydrogen-bond acceptors (Lipinski definition) is 6. The monoisotopic (exact) mass is 285 g/mol. The first-order chi connectivity index (χ1) is 10.0. The number of nitro benzene ring substituents is 1. The van der Waals surface area contributed by atoms with E-state index < -0.39 is 22.1 Å². The summed E-state index contributed by atoms with van der Waals surface area (Å²) < 4.78 is 5.37. The van der Waals surface area contributed by atoms with Crippen molar-refractivity contribution in [2.24, 2.45) is 0 Å². The topological polar surface area (TPSA) is 126 Å². The number of nitriles is 1. The van der Waals surface area contributed by atoms with Crippen LogP contribution in [0, 0.1) is 21.4 Å². The van der Waals surface area contributed by atoms with Crippen molar-refractivity contribution < 1.29 is 19.6 Å². The first-order valence-electron chi connectivity index (χ1n) is 5.57. The number of pyridine rings is 1. The molecular formula is C13H7N3O5. The van der Waals surface area contributed by atoms with E-state index in [1.165, 1.54) is 24.4 Å². The number of rotatable bonds is 4. The van der Waals surface area contributed by atoms with Crippen molar-refractivity contribution in [3.05, 3.63) is 57.9 Å². The summed E-state index contributed by atoms with van der Waals surface area (Å²) in [7, 11) is 0. The molecule has 0 atom stereocenters. The molecule has 8 nitrogen and oxygen atoms in total. The van der Waals surface area contributed by atoms with Gasteiger partial charge in [0, 0.05) is 24.4 Å². The summed E-state index contributed by atoms with van der Waals surface area (Å²) in [6.07, 6.45) is 1.36. The van der Waals surface area contributed by atoms with Gasteiger partial charge in [-0.1, -0.05) is 0 Å². The fourth-order valence-corrected chi connectivity index (χ4v) is 1.58. The third-order valence-corrected chi connectivity index (χ3v) is 2.48. The van der Waals surface area contributed by atoms with Gasteiger partial charge in [0.15, 0.2) is 0 Å². The number of carboxylic acid groups (broad SMARTS) is 1. The van der Waals surface area contributed by atoms with Crippen LogP contribution in [0.25, 0.3) is 0 Å². The highest BCUT2D eigenvalue weighted by Gasteiger charge is 2.20. The lowest BCUT2D eigenvalue weighted by Crippen LogP contribution is -2.02. The number of nitrogens with zero attached hydrogens (tertiary/aromatic N) is 3. The van der Waals surface area contributed by atoms with Crippen LogP contribution in [0.2, 0.25) is 0 Å². The van der Waals surface area contributed by atoms with E-state index in [-0.39, 0.29) is 17.2 Å². The summed E-state index contributed by atoms with van der Waals surface area (Å²) in [5.41, 5.74) is -0.873. The minimum absolute atomic E-state index is 0.105. The van der Waals surface area contributed by atoms with Crippen LogP contribution in [-0.2, 0) is 0 Å². The molecule has 0 bridgehead atoms. The second kappa shape index (κ2) is 5.66. The van der Waals surface area contributed by atoms with Gasteiger partial charge in [-0.05, 0) is 12.1 Å². The van der Waals surface area contributed by atoms with E-state index in [0.29, 0.717) is 0 Å². The third kappa shape index (κ3) is 3.10. The van der Waals surface area contributed by atoms with Crippen LogP contribution in [0.1, 0.15) is 16.1 Å². The lowest BCUT2D eigenvalue weighted by Gasteiger charge is -2.06. The standard InChI is InChI=1S/C13H7N3O5/c14-7-8-5-10(3-4-15-8)21-9-1-2-12(16(19)20)11(6-9)13(17)18/h1-6H,(H,17,18). The summed E-state index contributed by atoms with van der Waals surface area (Å²) >= 11 is 0. The Balaban J connectivity index is 2.37. The molecule has 0 unspecified atom stereocenters. The van der Waals surface area contributed by atoms with Crippen LogP contribution in [0.5, 0.6) is 11.5 Å². The first-order valence-corrected chi connectivity index (χ1v) is 5.57. The van der Waals surface area contributed by atoms with Gasteiger partial charge in [0.25, 0.3) is 5.69 Å². The Bertz CT molecular complexity index is 767. The fraction of sp³-hybridized carbons (Fsp3) is 0. The number of carboxylic acids is 1. The molecule has 0 saturated carbocycles. The normalized spacial score (nSPS) is 9.67. The Morgan fingerprint density at radius 3 is 2.67 bits per heavy atom. The maximum absolute atomic E-state index is 11.0. The summed E-state index contributed by atoms with van der Waals surface area (Å²) in [4.78, 5) is 24.7. The zero-order valence-electron chi connectivity index (χ0n) is 10.4. The Morgan fingerprint density at radius 2 is 2.05 bits per heavy atom. The molecule has 104 valence electrons. The van der Waals surface area contributed by atoms with Crippen molar-refractivity contribution in [3.8, 4) is 17.6 Å². The quantitative estimate of drug-likeness (QED) is 0.674. The average Bonchev–Trinajstić information content (AvgIpc) is 2.47. The van der Waals surface area contributed by atoms with Gasteiger partial charge in [-0.15, -0.1) is 0 Å². The molecule has 2 aromatic rings. The second-order valence-corrected chi connectivity index (χ2v) is 3.83. The average molecular weight is 285 g/mol. The molecule has 0 aliphatic rings. The third-order valence-electron chi connectivity index (χ3n) is 2.48. The largest absolute Gasteiger partial charge is 0.477 e. The first kappa shape index (κ1) is 14.0. The summed E-state index contributed by atoms with van der Waals surface area (Å²) in [5.74, 6) is -1.06. The lowest BCUT2D eigenvalue weighted by molar-refractivity contribution is -0.385. The van der Waals surface area contributed by atoms with Gasteiger partial charge in [-0.3, -0.25) is 10.1 Å². The van der Waals surface area contributed by atoms with Crippen molar-refractivity contribution in [1.29, 1.82) is 5.26 Å². The van der Waals surface area contributed by atoms with Crippen LogP contribution < -0.4 is 4.74 Å². The second-order valence-electron chi connectivity index (χ2n) is 3.83. The SMILES string of the molecule is N#Cc1cc(Oc2ccc([N+](=O)[O-])c(C(=O)O)c2)ccn1. The van der Waals surface area contributed by atoms with E-state index in [4.69, 9.17) is 15.1 Å². The molecule has 8 heteroatoms. The van der Waals surface area contributed by atoms with Crippen LogP contribution in [-0.4, -0.2) is 21.0 Å². The molecule has 0 amide bonds. The van der Waals surface area contributed by atoms with E-state index in [0.717, 1.165) is 12.1 Å². The minimum Gasteiger partial charge on any atom is -0.477 e. The molecule has 1 N–H and O–H groups in total. The van der Waals surface area contributed by atoms with Crippen molar-refractivity contribution in [1.82, 2.24) is 4.98 Å². The van der Waals surface area contributed by atoms with Gasteiger partial charge in [0.2, 0.25) is 0 Å². The molecule has 0 radical (unpaired) electrons. The van der Waals surface area contributed by atoms with Crippen LogP contribution >= 0.6 is 0 Å². The Kier molecular flexibility index (Phi) is 3.76. The van der Waals surface area contributed by atoms with Crippen molar-refractivity contribution in [3.63, 3.8) is 0 Å². The number of aromatic carboxylic acids is 1. The molecule has 0 spiro atoms. The fourth-order valence-electron chi connectivity index (χ4n) is 1.58. The van der Waals surface area contributed by atoms with Crippen molar-refractivity contribution >= 4 is 11.7 Å². The van der Waals surface area contributed by atoms with Gasteiger partial charge in [-0.25, -0.2) is 9.78 Å². The Morgan fingerprint density at radius 1 is 1.33 bits per heavy atom. The lowest BCUT2D eigenvalue weighted by atomic mass is 10.1. The van der Waals surface area contributed by atoms with Gasteiger partial charge in [-0.2, -0.15) is 5.26 Å². The molecule has 0 aliphatic heterocycles. The predicted octanol–water partition coefficient (Wildman–Crippen LogP) is 2.35. The van der Waals surface area contributed by atoms with Crippen molar-refractivity contribution in [2.75, 3.05) is 0 Å². The molecule has 0 fully saturated rings. The maximum Gasteiger partial charge on any atom is 0.342 e. The number of nitro groups is 1. The molecule has 2 rings (SSSR count).